The largest absolute Gasteiger partial charge is 0.416 e. The highest BCUT2D eigenvalue weighted by Crippen LogP contribution is 2.40. The number of hydrogen-bond acceptors (Lipinski definition) is 5. The molecular weight excluding hydrogens is 483 g/mol. The Morgan fingerprint density at radius 1 is 1.19 bits per heavy atom. The van der Waals surface area contributed by atoms with Gasteiger partial charge in [-0.25, -0.2) is 4.99 Å². The van der Waals surface area contributed by atoms with Crippen LogP contribution in [0.15, 0.2) is 53.5 Å². The summed E-state index contributed by atoms with van der Waals surface area (Å²) in [6.07, 6.45) is -1.23. The fourth-order valence-corrected chi connectivity index (χ4v) is 4.86. The van der Waals surface area contributed by atoms with Gasteiger partial charge < -0.3 is 10.0 Å². The zero-order valence-electron chi connectivity index (χ0n) is 21.0. The van der Waals surface area contributed by atoms with E-state index in [2.05, 4.69) is 4.99 Å². The number of aliphatic hydroxyl groups excluding tert-OH is 1. The van der Waals surface area contributed by atoms with Crippen LogP contribution >= 0.6 is 0 Å². The molecule has 0 radical (unpaired) electrons. The van der Waals surface area contributed by atoms with Crippen molar-refractivity contribution in [3.8, 4) is 0 Å². The first kappa shape index (κ1) is 27.0. The summed E-state index contributed by atoms with van der Waals surface area (Å²) in [5, 5.41) is 11.0. The number of aliphatic imine (C=N–C) groups is 1. The number of unbranched alkanes of at least 4 members (excludes halogenated alkanes) is 1. The lowest BCUT2D eigenvalue weighted by Crippen LogP contribution is -2.61. The molecule has 0 spiro atoms. The molecule has 37 heavy (non-hydrogen) atoms. The number of anilines is 1. The molecule has 2 aliphatic rings. The van der Waals surface area contributed by atoms with Crippen molar-refractivity contribution in [2.24, 2.45) is 22.6 Å². The van der Waals surface area contributed by atoms with E-state index >= 15 is 0 Å². The summed E-state index contributed by atoms with van der Waals surface area (Å²) in [6.45, 7) is 1.98. The molecule has 1 fully saturated rings. The van der Waals surface area contributed by atoms with Crippen molar-refractivity contribution in [2.75, 3.05) is 11.9 Å². The molecule has 9 heteroatoms. The SMILES string of the molecule is CCCC[C@@H](O)[C@@H](CC1CC1)C(=O)C1(N)N=C(c2ccc(C(F)(F)F)cc2)c2ccccc2N(C)C1=O. The highest BCUT2D eigenvalue weighted by atomic mass is 19.4. The van der Waals surface area contributed by atoms with Crippen molar-refractivity contribution in [1.82, 2.24) is 0 Å². The molecule has 2 aromatic rings. The second kappa shape index (κ2) is 10.4. The molecule has 3 atom stereocenters. The maximum absolute atomic E-state index is 14.0. The Morgan fingerprint density at radius 2 is 1.84 bits per heavy atom. The van der Waals surface area contributed by atoms with E-state index in [-0.39, 0.29) is 17.2 Å². The van der Waals surface area contributed by atoms with E-state index in [9.17, 15) is 27.9 Å². The monoisotopic (exact) mass is 515 g/mol. The average molecular weight is 516 g/mol. The van der Waals surface area contributed by atoms with Crippen LogP contribution in [-0.2, 0) is 15.8 Å². The molecule has 1 aliphatic carbocycles. The Morgan fingerprint density at radius 3 is 2.43 bits per heavy atom. The van der Waals surface area contributed by atoms with Crippen LogP contribution in [0, 0.1) is 11.8 Å². The lowest BCUT2D eigenvalue weighted by Gasteiger charge is -2.31. The number of benzene rings is 2. The van der Waals surface area contributed by atoms with Gasteiger partial charge in [0, 0.05) is 24.1 Å². The van der Waals surface area contributed by atoms with Crippen LogP contribution in [0.4, 0.5) is 18.9 Å². The van der Waals surface area contributed by atoms with Crippen LogP contribution in [-0.4, -0.2) is 41.3 Å². The van der Waals surface area contributed by atoms with Gasteiger partial charge in [-0.2, -0.15) is 13.2 Å². The van der Waals surface area contributed by atoms with Crippen molar-refractivity contribution in [3.05, 3.63) is 65.2 Å². The summed E-state index contributed by atoms with van der Waals surface area (Å²) >= 11 is 0. The molecule has 2 aromatic carbocycles. The van der Waals surface area contributed by atoms with E-state index in [1.54, 1.807) is 24.3 Å². The molecule has 6 nitrogen and oxygen atoms in total. The zero-order valence-corrected chi connectivity index (χ0v) is 21.0. The van der Waals surface area contributed by atoms with Gasteiger partial charge in [0.15, 0.2) is 5.78 Å². The summed E-state index contributed by atoms with van der Waals surface area (Å²) < 4.78 is 39.6. The summed E-state index contributed by atoms with van der Waals surface area (Å²) in [5.74, 6) is -2.02. The molecule has 1 unspecified atom stereocenters. The first-order valence-electron chi connectivity index (χ1n) is 12.6. The van der Waals surface area contributed by atoms with Gasteiger partial charge in [-0.05, 0) is 37.0 Å². The molecule has 1 saturated carbocycles. The number of carbonyl (C=O) groups excluding carboxylic acids is 2. The fraction of sp³-hybridized carbons (Fsp3) is 0.464. The number of halogens is 3. The number of ketones is 1. The zero-order chi connectivity index (χ0) is 27.0. The molecule has 1 heterocycles. The molecule has 1 aliphatic heterocycles. The number of aliphatic hydroxyl groups is 1. The number of alkyl halides is 3. The minimum atomic E-state index is -4.52. The third-order valence-electron chi connectivity index (χ3n) is 7.24. The van der Waals surface area contributed by atoms with E-state index in [0.29, 0.717) is 30.5 Å². The van der Waals surface area contributed by atoms with Crippen molar-refractivity contribution in [2.45, 2.75) is 63.4 Å². The van der Waals surface area contributed by atoms with Gasteiger partial charge in [0.05, 0.1) is 23.1 Å². The van der Waals surface area contributed by atoms with Crippen molar-refractivity contribution < 1.29 is 27.9 Å². The van der Waals surface area contributed by atoms with Crippen LogP contribution in [0.2, 0.25) is 0 Å². The summed E-state index contributed by atoms with van der Waals surface area (Å²) in [4.78, 5) is 33.5. The van der Waals surface area contributed by atoms with Gasteiger partial charge in [0.2, 0.25) is 5.66 Å². The van der Waals surface area contributed by atoms with Crippen LogP contribution in [0.25, 0.3) is 0 Å². The molecular formula is C28H32F3N3O3. The second-order valence-corrected chi connectivity index (χ2v) is 10.0. The maximum atomic E-state index is 14.0. The number of Topliss-reactive ketones (excluding diaryl/α,β-unsaturated/α-hetero) is 1. The van der Waals surface area contributed by atoms with E-state index in [4.69, 9.17) is 5.73 Å². The molecule has 4 rings (SSSR count). The lowest BCUT2D eigenvalue weighted by molar-refractivity contribution is -0.139. The Bertz CT molecular complexity index is 1190. The topological polar surface area (TPSA) is 96.0 Å². The highest BCUT2D eigenvalue weighted by Gasteiger charge is 2.51. The number of rotatable bonds is 9. The van der Waals surface area contributed by atoms with Crippen LogP contribution in [0.5, 0.6) is 0 Å². The summed E-state index contributed by atoms with van der Waals surface area (Å²) in [5.41, 5.74) is 4.73. The Hall–Kier alpha value is -3.04. The number of para-hydroxylation sites is 1. The molecule has 0 bridgehead atoms. The molecule has 3 N–H and O–H groups in total. The van der Waals surface area contributed by atoms with Crippen molar-refractivity contribution >= 4 is 23.1 Å². The average Bonchev–Trinajstić information content (AvgIpc) is 3.71. The second-order valence-electron chi connectivity index (χ2n) is 10.0. The normalized spacial score (nSPS) is 21.6. The van der Waals surface area contributed by atoms with Crippen molar-refractivity contribution in [3.63, 3.8) is 0 Å². The molecule has 0 saturated heterocycles. The minimum absolute atomic E-state index is 0.145. The molecule has 1 amide bonds. The van der Waals surface area contributed by atoms with Gasteiger partial charge >= 0.3 is 6.18 Å². The van der Waals surface area contributed by atoms with E-state index in [1.807, 2.05) is 6.92 Å². The first-order valence-corrected chi connectivity index (χ1v) is 12.6. The quantitative estimate of drug-likeness (QED) is 0.473. The van der Waals surface area contributed by atoms with Gasteiger partial charge in [-0.15, -0.1) is 0 Å². The third-order valence-corrected chi connectivity index (χ3v) is 7.24. The Balaban J connectivity index is 1.84. The fourth-order valence-electron chi connectivity index (χ4n) is 4.86. The maximum Gasteiger partial charge on any atom is 0.416 e. The van der Waals surface area contributed by atoms with Crippen LogP contribution in [0.1, 0.15) is 62.1 Å². The van der Waals surface area contributed by atoms with E-state index in [0.717, 1.165) is 31.4 Å². The molecule has 198 valence electrons. The number of hydrogen-bond donors (Lipinski definition) is 2. The minimum Gasteiger partial charge on any atom is -0.392 e. The van der Waals surface area contributed by atoms with Crippen LogP contribution in [0.3, 0.4) is 0 Å². The predicted octanol–water partition coefficient (Wildman–Crippen LogP) is 4.71. The molecule has 0 aromatic heterocycles. The van der Waals surface area contributed by atoms with Gasteiger partial charge in [-0.1, -0.05) is 62.9 Å². The Kier molecular flexibility index (Phi) is 7.57. The number of nitrogens with zero attached hydrogens (tertiary/aromatic N) is 2. The number of fused-ring (bicyclic) bond motifs is 1. The highest BCUT2D eigenvalue weighted by molar-refractivity contribution is 6.26. The standard InChI is InChI=1S/C28H32F3N3O3/c1-3-4-9-23(35)21(16-17-10-11-17)25(36)27(32)26(37)34(2)22-8-6-5-7-20(22)24(33-27)18-12-14-19(15-13-18)28(29,30)31/h5-8,12-15,17,21,23,35H,3-4,9-11,16,32H2,1-2H3/t21-,23-,27?/m1/s1. The Labute approximate surface area is 214 Å². The summed E-state index contributed by atoms with van der Waals surface area (Å²) in [6, 6.07) is 11.2. The van der Waals surface area contributed by atoms with Gasteiger partial charge in [-0.3, -0.25) is 15.3 Å². The van der Waals surface area contributed by atoms with E-state index in [1.165, 1.54) is 24.1 Å². The number of amides is 1. The third kappa shape index (κ3) is 5.48. The number of benzodiazepines with no additional fused rings is 1. The number of likely N-dealkylation sites (N-methyl/N-ethyl adjacent to an activating group) is 1. The van der Waals surface area contributed by atoms with Crippen LogP contribution < -0.4 is 10.6 Å². The lowest BCUT2D eigenvalue weighted by atomic mass is 9.82. The summed E-state index contributed by atoms with van der Waals surface area (Å²) in [7, 11) is 1.49. The van der Waals surface area contributed by atoms with Gasteiger partial charge in [0.1, 0.15) is 0 Å². The number of nitrogens with two attached hydrogens (primary N) is 1. The van der Waals surface area contributed by atoms with E-state index < -0.39 is 41.1 Å². The first-order chi connectivity index (χ1) is 17.5. The predicted molar refractivity (Wildman–Crippen MR) is 135 cm³/mol. The smallest absolute Gasteiger partial charge is 0.392 e. The van der Waals surface area contributed by atoms with Crippen molar-refractivity contribution in [1.29, 1.82) is 0 Å². The number of carbonyl (C=O) groups is 2. The van der Waals surface area contributed by atoms with Gasteiger partial charge in [0.25, 0.3) is 5.91 Å².